The Morgan fingerprint density at radius 1 is 1.38 bits per heavy atom. The van der Waals surface area contributed by atoms with Gasteiger partial charge in [-0.3, -0.25) is 13.8 Å². The molecular formula is C11H19NO3S. The fourth-order valence-corrected chi connectivity index (χ4v) is 2.83. The minimum absolute atomic E-state index is 0.0677. The first-order valence-electron chi connectivity index (χ1n) is 5.78. The predicted molar refractivity (Wildman–Crippen MR) is 63.6 cm³/mol. The van der Waals surface area contributed by atoms with Crippen LogP contribution in [0.4, 0.5) is 0 Å². The highest BCUT2D eigenvalue weighted by atomic mass is 32.2. The van der Waals surface area contributed by atoms with Crippen molar-refractivity contribution in [2.24, 2.45) is 0 Å². The molecule has 1 amide bonds. The summed E-state index contributed by atoms with van der Waals surface area (Å²) in [5.74, 6) is 0.876. The highest BCUT2D eigenvalue weighted by molar-refractivity contribution is 7.85. The Bertz CT molecular complexity index is 281. The molecule has 0 N–H and O–H groups in total. The lowest BCUT2D eigenvalue weighted by Crippen LogP contribution is -2.41. The standard InChI is InChI=1S/C11H19NO3S/c1-2-3-8-16(15)9-11(14)12-6-4-10(13)5-7-12/h2-9H2,1H3. The minimum atomic E-state index is -1.04. The van der Waals surface area contributed by atoms with E-state index in [0.29, 0.717) is 31.7 Å². The van der Waals surface area contributed by atoms with Gasteiger partial charge in [-0.05, 0) is 6.42 Å². The molecule has 4 nitrogen and oxygen atoms in total. The second-order valence-electron chi connectivity index (χ2n) is 4.06. The number of nitrogens with zero attached hydrogens (tertiary/aromatic N) is 1. The van der Waals surface area contributed by atoms with E-state index in [1.807, 2.05) is 6.92 Å². The molecule has 92 valence electrons. The van der Waals surface area contributed by atoms with E-state index in [4.69, 9.17) is 0 Å². The van der Waals surface area contributed by atoms with Crippen molar-refractivity contribution in [2.45, 2.75) is 32.6 Å². The summed E-state index contributed by atoms with van der Waals surface area (Å²) < 4.78 is 11.5. The van der Waals surface area contributed by atoms with Crippen LogP contribution in [0.25, 0.3) is 0 Å². The molecule has 1 saturated heterocycles. The molecule has 5 heteroatoms. The molecular weight excluding hydrogens is 226 g/mol. The monoisotopic (exact) mass is 245 g/mol. The highest BCUT2D eigenvalue weighted by Crippen LogP contribution is 2.06. The van der Waals surface area contributed by atoms with Crippen molar-refractivity contribution < 1.29 is 13.8 Å². The van der Waals surface area contributed by atoms with Crippen LogP contribution >= 0.6 is 0 Å². The topological polar surface area (TPSA) is 54.5 Å². The molecule has 0 aromatic rings. The van der Waals surface area contributed by atoms with Gasteiger partial charge in [0.1, 0.15) is 11.5 Å². The summed E-state index contributed by atoms with van der Waals surface area (Å²) >= 11 is 0. The van der Waals surface area contributed by atoms with Gasteiger partial charge in [0.15, 0.2) is 0 Å². The largest absolute Gasteiger partial charge is 0.341 e. The number of hydrogen-bond donors (Lipinski definition) is 0. The van der Waals surface area contributed by atoms with Crippen LogP contribution in [0.2, 0.25) is 0 Å². The molecule has 1 aliphatic rings. The number of carbonyl (C=O) groups is 2. The molecule has 0 aromatic carbocycles. The van der Waals surface area contributed by atoms with Crippen LogP contribution in [0.15, 0.2) is 0 Å². The van der Waals surface area contributed by atoms with Gasteiger partial charge < -0.3 is 4.90 Å². The van der Waals surface area contributed by atoms with Crippen molar-refractivity contribution in [3.63, 3.8) is 0 Å². The lowest BCUT2D eigenvalue weighted by Gasteiger charge is -2.25. The van der Waals surface area contributed by atoms with Gasteiger partial charge in [-0.25, -0.2) is 0 Å². The summed E-state index contributed by atoms with van der Waals surface area (Å²) in [6, 6.07) is 0. The van der Waals surface area contributed by atoms with Gasteiger partial charge in [-0.15, -0.1) is 0 Å². The zero-order valence-corrected chi connectivity index (χ0v) is 10.6. The fraction of sp³-hybridized carbons (Fsp3) is 0.818. The summed E-state index contributed by atoms with van der Waals surface area (Å²) in [6.45, 7) is 3.04. The van der Waals surface area contributed by atoms with Gasteiger partial charge in [-0.1, -0.05) is 13.3 Å². The summed E-state index contributed by atoms with van der Waals surface area (Å²) in [4.78, 5) is 24.4. The summed E-state index contributed by atoms with van der Waals surface area (Å²) in [7, 11) is -1.04. The quantitative estimate of drug-likeness (QED) is 0.717. The van der Waals surface area contributed by atoms with Crippen molar-refractivity contribution in [1.82, 2.24) is 4.90 Å². The Labute approximate surface area is 98.8 Å². The van der Waals surface area contributed by atoms with Crippen LogP contribution < -0.4 is 0 Å². The Hall–Kier alpha value is -0.710. The van der Waals surface area contributed by atoms with Gasteiger partial charge >= 0.3 is 0 Å². The van der Waals surface area contributed by atoms with Crippen molar-refractivity contribution in [1.29, 1.82) is 0 Å². The second-order valence-corrected chi connectivity index (χ2v) is 5.64. The van der Waals surface area contributed by atoms with Crippen LogP contribution in [0.1, 0.15) is 32.6 Å². The molecule has 0 aliphatic carbocycles. The molecule has 1 fully saturated rings. The van der Waals surface area contributed by atoms with Crippen molar-refractivity contribution in [3.05, 3.63) is 0 Å². The van der Waals surface area contributed by atoms with E-state index < -0.39 is 10.8 Å². The lowest BCUT2D eigenvalue weighted by molar-refractivity contribution is -0.132. The molecule has 0 radical (unpaired) electrons. The minimum Gasteiger partial charge on any atom is -0.341 e. The van der Waals surface area contributed by atoms with E-state index in [1.54, 1.807) is 4.90 Å². The third-order valence-corrected chi connectivity index (χ3v) is 4.00. The molecule has 1 atom stereocenters. The molecule has 0 saturated carbocycles. The summed E-state index contributed by atoms with van der Waals surface area (Å²) in [5.41, 5.74) is 0. The Kier molecular flexibility index (Phi) is 5.66. The predicted octanol–water partition coefficient (Wildman–Crippen LogP) is 0.727. The first-order valence-corrected chi connectivity index (χ1v) is 7.26. The molecule has 16 heavy (non-hydrogen) atoms. The summed E-state index contributed by atoms with van der Waals surface area (Å²) in [6.07, 6.45) is 2.80. The van der Waals surface area contributed by atoms with Crippen LogP contribution in [0.5, 0.6) is 0 Å². The Morgan fingerprint density at radius 2 is 2.00 bits per heavy atom. The zero-order chi connectivity index (χ0) is 12.0. The average Bonchev–Trinajstić information content (AvgIpc) is 2.27. The molecule has 1 unspecified atom stereocenters. The molecule has 1 heterocycles. The third-order valence-electron chi connectivity index (χ3n) is 2.68. The fourth-order valence-electron chi connectivity index (χ4n) is 1.61. The Balaban J connectivity index is 2.29. The van der Waals surface area contributed by atoms with Crippen molar-refractivity contribution in [2.75, 3.05) is 24.6 Å². The van der Waals surface area contributed by atoms with E-state index in [-0.39, 0.29) is 17.4 Å². The molecule has 0 spiro atoms. The van der Waals surface area contributed by atoms with Crippen molar-refractivity contribution >= 4 is 22.5 Å². The normalized spacial score (nSPS) is 18.6. The maximum Gasteiger partial charge on any atom is 0.235 e. The van der Waals surface area contributed by atoms with E-state index in [0.717, 1.165) is 12.8 Å². The van der Waals surface area contributed by atoms with E-state index >= 15 is 0 Å². The maximum atomic E-state index is 11.7. The lowest BCUT2D eigenvalue weighted by atomic mass is 10.1. The maximum absolute atomic E-state index is 11.7. The van der Waals surface area contributed by atoms with Crippen LogP contribution in [0.3, 0.4) is 0 Å². The van der Waals surface area contributed by atoms with E-state index in [2.05, 4.69) is 0 Å². The van der Waals surface area contributed by atoms with E-state index in [9.17, 15) is 13.8 Å². The highest BCUT2D eigenvalue weighted by Gasteiger charge is 2.21. The number of ketones is 1. The number of unbranched alkanes of at least 4 members (excludes halogenated alkanes) is 1. The van der Waals surface area contributed by atoms with Crippen molar-refractivity contribution in [3.8, 4) is 0 Å². The first kappa shape index (κ1) is 13.4. The van der Waals surface area contributed by atoms with Crippen LogP contribution in [0, 0.1) is 0 Å². The van der Waals surface area contributed by atoms with Crippen LogP contribution in [-0.4, -0.2) is 45.4 Å². The SMILES string of the molecule is CCCCS(=O)CC(=O)N1CCC(=O)CC1. The number of hydrogen-bond acceptors (Lipinski definition) is 3. The second kappa shape index (κ2) is 6.78. The van der Waals surface area contributed by atoms with Crippen LogP contribution in [-0.2, 0) is 20.4 Å². The number of amides is 1. The van der Waals surface area contributed by atoms with Gasteiger partial charge in [0.05, 0.1) is 0 Å². The van der Waals surface area contributed by atoms with Gasteiger partial charge in [0.2, 0.25) is 5.91 Å². The van der Waals surface area contributed by atoms with Gasteiger partial charge in [0, 0.05) is 42.5 Å². The number of piperidine rings is 1. The zero-order valence-electron chi connectivity index (χ0n) is 9.74. The molecule has 1 rings (SSSR count). The number of carbonyl (C=O) groups excluding carboxylic acids is 2. The smallest absolute Gasteiger partial charge is 0.235 e. The number of Topliss-reactive ketones (excluding diaryl/α,β-unsaturated/α-hetero) is 1. The van der Waals surface area contributed by atoms with Gasteiger partial charge in [-0.2, -0.15) is 0 Å². The first-order chi connectivity index (χ1) is 7.63. The Morgan fingerprint density at radius 3 is 2.56 bits per heavy atom. The van der Waals surface area contributed by atoms with Gasteiger partial charge in [0.25, 0.3) is 0 Å². The third kappa shape index (κ3) is 4.43. The average molecular weight is 245 g/mol. The molecule has 1 aliphatic heterocycles. The number of likely N-dealkylation sites (tertiary alicyclic amines) is 1. The summed E-state index contributed by atoms with van der Waals surface area (Å²) in [5, 5.41) is 0. The molecule has 0 aromatic heterocycles. The number of rotatable bonds is 5. The molecule has 0 bridgehead atoms. The van der Waals surface area contributed by atoms with E-state index in [1.165, 1.54) is 0 Å².